The van der Waals surface area contributed by atoms with Gasteiger partial charge in [-0.25, -0.2) is 4.39 Å². The fraction of sp³-hybridized carbons (Fsp3) is 0.154. The zero-order valence-corrected chi connectivity index (χ0v) is 10.2. The van der Waals surface area contributed by atoms with E-state index in [1.54, 1.807) is 12.1 Å². The Morgan fingerprint density at radius 3 is 2.42 bits per heavy atom. The van der Waals surface area contributed by atoms with Gasteiger partial charge in [-0.15, -0.1) is 11.6 Å². The van der Waals surface area contributed by atoms with Gasteiger partial charge in [0.2, 0.25) is 0 Å². The second-order valence-corrected chi connectivity index (χ2v) is 4.32. The zero-order valence-electron chi connectivity index (χ0n) is 9.46. The van der Waals surface area contributed by atoms with Crippen molar-refractivity contribution in [1.82, 2.24) is 4.98 Å². The predicted molar refractivity (Wildman–Crippen MR) is 63.3 cm³/mol. The van der Waals surface area contributed by atoms with Crippen molar-refractivity contribution in [1.29, 1.82) is 0 Å². The van der Waals surface area contributed by atoms with E-state index in [9.17, 15) is 17.6 Å². The Morgan fingerprint density at radius 2 is 1.89 bits per heavy atom. The molecule has 0 saturated carbocycles. The number of hydrogen-bond donors (Lipinski definition) is 0. The van der Waals surface area contributed by atoms with Gasteiger partial charge in [-0.3, -0.25) is 4.98 Å². The third-order valence-corrected chi connectivity index (χ3v) is 3.06. The van der Waals surface area contributed by atoms with Gasteiger partial charge in [-0.1, -0.05) is 12.1 Å². The summed E-state index contributed by atoms with van der Waals surface area (Å²) in [6, 6.07) is 5.54. The molecule has 0 N–H and O–H groups in total. The van der Waals surface area contributed by atoms with Crippen LogP contribution >= 0.6 is 11.6 Å². The molecule has 0 radical (unpaired) electrons. The van der Waals surface area contributed by atoms with Crippen molar-refractivity contribution in [2.75, 3.05) is 0 Å². The van der Waals surface area contributed by atoms with E-state index < -0.39 is 22.9 Å². The van der Waals surface area contributed by atoms with E-state index in [0.717, 1.165) is 12.1 Å². The summed E-state index contributed by atoms with van der Waals surface area (Å²) in [7, 11) is 0. The van der Waals surface area contributed by atoms with Crippen LogP contribution in [-0.2, 0) is 6.18 Å². The molecule has 1 aromatic heterocycles. The molecule has 0 fully saturated rings. The Bertz CT molecular complexity index is 569. The standard InChI is InChI=1S/C13H8ClF4N/c14-12(8-2-1-5-19-7-8)10-4-3-9(6-11(10)15)13(16,17)18/h1-7,12H/t12-/m1/s1. The Hall–Kier alpha value is -1.62. The first-order valence-corrected chi connectivity index (χ1v) is 5.74. The van der Waals surface area contributed by atoms with Crippen LogP contribution in [0.5, 0.6) is 0 Å². The molecule has 0 unspecified atom stereocenters. The van der Waals surface area contributed by atoms with Crippen molar-refractivity contribution in [3.8, 4) is 0 Å². The summed E-state index contributed by atoms with van der Waals surface area (Å²) in [4.78, 5) is 3.83. The number of halogens is 5. The third-order valence-electron chi connectivity index (χ3n) is 2.58. The lowest BCUT2D eigenvalue weighted by molar-refractivity contribution is -0.137. The Labute approximate surface area is 111 Å². The number of alkyl halides is 4. The van der Waals surface area contributed by atoms with E-state index in [1.165, 1.54) is 12.4 Å². The Balaban J connectivity index is 2.37. The van der Waals surface area contributed by atoms with Crippen molar-refractivity contribution >= 4 is 11.6 Å². The third kappa shape index (κ3) is 3.04. The van der Waals surface area contributed by atoms with Gasteiger partial charge in [0.05, 0.1) is 10.9 Å². The normalized spacial score (nSPS) is 13.3. The first-order chi connectivity index (χ1) is 8.89. The van der Waals surface area contributed by atoms with E-state index in [-0.39, 0.29) is 5.56 Å². The number of pyridine rings is 1. The summed E-state index contributed by atoms with van der Waals surface area (Å²) < 4.78 is 51.0. The van der Waals surface area contributed by atoms with Crippen LogP contribution in [0, 0.1) is 5.82 Å². The van der Waals surface area contributed by atoms with Gasteiger partial charge in [0.1, 0.15) is 5.82 Å². The van der Waals surface area contributed by atoms with Crippen LogP contribution in [0.2, 0.25) is 0 Å². The fourth-order valence-corrected chi connectivity index (χ4v) is 1.92. The summed E-state index contributed by atoms with van der Waals surface area (Å²) in [6.07, 6.45) is -1.61. The molecule has 1 heterocycles. The molecule has 0 aliphatic carbocycles. The highest BCUT2D eigenvalue weighted by Crippen LogP contribution is 2.34. The lowest BCUT2D eigenvalue weighted by Crippen LogP contribution is -2.07. The Kier molecular flexibility index (Phi) is 3.75. The average molecular weight is 290 g/mol. The minimum Gasteiger partial charge on any atom is -0.264 e. The highest BCUT2D eigenvalue weighted by Gasteiger charge is 2.31. The van der Waals surface area contributed by atoms with Gasteiger partial charge >= 0.3 is 6.18 Å². The summed E-state index contributed by atoms with van der Waals surface area (Å²) >= 11 is 6.04. The molecule has 6 heteroatoms. The van der Waals surface area contributed by atoms with Crippen molar-refractivity contribution in [2.24, 2.45) is 0 Å². The molecule has 2 rings (SSSR count). The van der Waals surface area contributed by atoms with Crippen LogP contribution in [0.3, 0.4) is 0 Å². The van der Waals surface area contributed by atoms with E-state index in [1.807, 2.05) is 0 Å². The number of aromatic nitrogens is 1. The lowest BCUT2D eigenvalue weighted by atomic mass is 10.0. The largest absolute Gasteiger partial charge is 0.416 e. The van der Waals surface area contributed by atoms with Crippen LogP contribution in [0.4, 0.5) is 17.6 Å². The molecule has 0 bridgehead atoms. The number of benzene rings is 1. The van der Waals surface area contributed by atoms with Crippen LogP contribution in [0.1, 0.15) is 22.1 Å². The van der Waals surface area contributed by atoms with Gasteiger partial charge in [0.15, 0.2) is 0 Å². The summed E-state index contributed by atoms with van der Waals surface area (Å²) in [6.45, 7) is 0. The van der Waals surface area contributed by atoms with Crippen molar-refractivity contribution < 1.29 is 17.6 Å². The summed E-state index contributed by atoms with van der Waals surface area (Å²) in [5, 5.41) is -0.879. The van der Waals surface area contributed by atoms with E-state index in [4.69, 9.17) is 11.6 Å². The quantitative estimate of drug-likeness (QED) is 0.583. The predicted octanol–water partition coefficient (Wildman–Crippen LogP) is 4.57. The summed E-state index contributed by atoms with van der Waals surface area (Å²) in [5.74, 6) is -0.987. The summed E-state index contributed by atoms with van der Waals surface area (Å²) in [5.41, 5.74) is -0.533. The first-order valence-electron chi connectivity index (χ1n) is 5.30. The second-order valence-electron chi connectivity index (χ2n) is 3.88. The molecule has 0 saturated heterocycles. The fourth-order valence-electron chi connectivity index (χ4n) is 1.61. The Morgan fingerprint density at radius 1 is 1.16 bits per heavy atom. The van der Waals surface area contributed by atoms with Crippen molar-refractivity contribution in [2.45, 2.75) is 11.6 Å². The zero-order chi connectivity index (χ0) is 14.0. The molecule has 0 amide bonds. The highest BCUT2D eigenvalue weighted by molar-refractivity contribution is 6.22. The first kappa shape index (κ1) is 13.8. The molecular formula is C13H8ClF4N. The van der Waals surface area contributed by atoms with E-state index in [0.29, 0.717) is 11.6 Å². The van der Waals surface area contributed by atoms with Crippen LogP contribution in [0.15, 0.2) is 42.7 Å². The maximum absolute atomic E-state index is 13.7. The van der Waals surface area contributed by atoms with Crippen LogP contribution in [-0.4, -0.2) is 4.98 Å². The minimum atomic E-state index is -4.57. The maximum Gasteiger partial charge on any atom is 0.416 e. The van der Waals surface area contributed by atoms with Gasteiger partial charge in [0, 0.05) is 18.0 Å². The molecule has 1 atom stereocenters. The second kappa shape index (κ2) is 5.17. The van der Waals surface area contributed by atoms with Crippen LogP contribution in [0.25, 0.3) is 0 Å². The maximum atomic E-state index is 13.7. The monoisotopic (exact) mass is 289 g/mol. The molecule has 0 aliphatic heterocycles. The molecule has 0 aliphatic rings. The molecule has 2 aromatic rings. The van der Waals surface area contributed by atoms with E-state index >= 15 is 0 Å². The molecular weight excluding hydrogens is 282 g/mol. The smallest absolute Gasteiger partial charge is 0.264 e. The molecule has 19 heavy (non-hydrogen) atoms. The number of hydrogen-bond acceptors (Lipinski definition) is 1. The molecule has 0 spiro atoms. The van der Waals surface area contributed by atoms with E-state index in [2.05, 4.69) is 4.98 Å². The number of rotatable bonds is 2. The molecule has 1 aromatic carbocycles. The van der Waals surface area contributed by atoms with Gasteiger partial charge in [-0.05, 0) is 23.8 Å². The average Bonchev–Trinajstić information content (AvgIpc) is 2.38. The van der Waals surface area contributed by atoms with Crippen molar-refractivity contribution in [3.63, 3.8) is 0 Å². The lowest BCUT2D eigenvalue weighted by Gasteiger charge is -2.13. The van der Waals surface area contributed by atoms with Gasteiger partial charge in [0.25, 0.3) is 0 Å². The molecule has 100 valence electrons. The van der Waals surface area contributed by atoms with Gasteiger partial charge in [-0.2, -0.15) is 13.2 Å². The SMILES string of the molecule is Fc1cc(C(F)(F)F)ccc1[C@H](Cl)c1cccnc1. The number of nitrogens with zero attached hydrogens (tertiary/aromatic N) is 1. The van der Waals surface area contributed by atoms with Crippen molar-refractivity contribution in [3.05, 3.63) is 65.2 Å². The molecule has 1 nitrogen and oxygen atoms in total. The minimum absolute atomic E-state index is 0.0114. The van der Waals surface area contributed by atoms with Gasteiger partial charge < -0.3 is 0 Å². The highest BCUT2D eigenvalue weighted by atomic mass is 35.5. The topological polar surface area (TPSA) is 12.9 Å². The van der Waals surface area contributed by atoms with Crippen LogP contribution < -0.4 is 0 Å².